The summed E-state index contributed by atoms with van der Waals surface area (Å²) in [4.78, 5) is 17.2. The maximum absolute atomic E-state index is 14.5. The molecule has 0 saturated carbocycles. The van der Waals surface area contributed by atoms with E-state index in [1.165, 1.54) is 24.3 Å². The summed E-state index contributed by atoms with van der Waals surface area (Å²) in [6.07, 6.45) is 3.29. The van der Waals surface area contributed by atoms with Gasteiger partial charge in [0.1, 0.15) is 29.1 Å². The minimum Gasteiger partial charge on any atom is -0.451 e. The number of carbonyl (C=O) groups is 1. The number of rotatable bonds is 4. The van der Waals surface area contributed by atoms with Crippen LogP contribution in [0.3, 0.4) is 0 Å². The zero-order chi connectivity index (χ0) is 19.8. The number of carbonyl (C=O) groups excluding carboxylic acids is 1. The number of nitrogens with one attached hydrogen (secondary N) is 1. The molecule has 142 valence electrons. The molecule has 7 heteroatoms. The average Bonchev–Trinajstić information content (AvgIpc) is 3.24. The topological polar surface area (TPSA) is 60.1 Å². The second-order valence-corrected chi connectivity index (χ2v) is 6.52. The third kappa shape index (κ3) is 3.05. The summed E-state index contributed by atoms with van der Waals surface area (Å²) < 4.78 is 35.3. The summed E-state index contributed by atoms with van der Waals surface area (Å²) in [5.41, 5.74) is 1.20. The molecular formula is C21H17F2N3O2. The van der Waals surface area contributed by atoms with Gasteiger partial charge in [0.2, 0.25) is 0 Å². The normalized spacial score (nSPS) is 12.3. The third-order valence-corrected chi connectivity index (χ3v) is 4.71. The molecule has 1 N–H and O–H groups in total. The SMILES string of the molecule is Cc1c(C(=O)N[C@H](c2ccccc2F)c2nccn2C)oc2ccc(F)cc12. The fraction of sp³-hybridized carbons (Fsp3) is 0.143. The van der Waals surface area contributed by atoms with Crippen molar-refractivity contribution in [3.05, 3.63) is 89.2 Å². The first kappa shape index (κ1) is 17.9. The van der Waals surface area contributed by atoms with Gasteiger partial charge in [-0.3, -0.25) is 4.79 Å². The number of fused-ring (bicyclic) bond motifs is 1. The van der Waals surface area contributed by atoms with Crippen molar-refractivity contribution < 1.29 is 18.0 Å². The van der Waals surface area contributed by atoms with E-state index in [0.717, 1.165) is 0 Å². The summed E-state index contributed by atoms with van der Waals surface area (Å²) >= 11 is 0. The molecule has 0 saturated heterocycles. The Hall–Kier alpha value is -3.48. The predicted molar refractivity (Wildman–Crippen MR) is 99.8 cm³/mol. The van der Waals surface area contributed by atoms with E-state index in [9.17, 15) is 13.6 Å². The Morgan fingerprint density at radius 2 is 2.00 bits per heavy atom. The second kappa shape index (κ2) is 6.92. The molecular weight excluding hydrogens is 364 g/mol. The molecule has 0 spiro atoms. The Kier molecular flexibility index (Phi) is 4.43. The molecule has 0 unspecified atom stereocenters. The monoisotopic (exact) mass is 381 g/mol. The van der Waals surface area contributed by atoms with Gasteiger partial charge >= 0.3 is 0 Å². The molecule has 1 atom stereocenters. The van der Waals surface area contributed by atoms with Crippen molar-refractivity contribution in [2.45, 2.75) is 13.0 Å². The van der Waals surface area contributed by atoms with Crippen LogP contribution in [-0.2, 0) is 7.05 Å². The van der Waals surface area contributed by atoms with Crippen molar-refractivity contribution in [1.82, 2.24) is 14.9 Å². The smallest absolute Gasteiger partial charge is 0.288 e. The highest BCUT2D eigenvalue weighted by Gasteiger charge is 2.26. The number of hydrogen-bond acceptors (Lipinski definition) is 3. The standard InChI is InChI=1S/C21H17F2N3O2/c1-12-15-11-13(22)7-8-17(15)28-19(12)21(27)25-18(20-24-9-10-26(20)2)14-5-3-4-6-16(14)23/h3-11,18H,1-2H3,(H,25,27)/t18-/m1/s1. The molecule has 0 bridgehead atoms. The lowest BCUT2D eigenvalue weighted by Crippen LogP contribution is -2.31. The average molecular weight is 381 g/mol. The van der Waals surface area contributed by atoms with Gasteiger partial charge in [0.05, 0.1) is 0 Å². The molecule has 4 aromatic rings. The molecule has 0 aliphatic heterocycles. The van der Waals surface area contributed by atoms with Gasteiger partial charge in [0.15, 0.2) is 5.76 Å². The highest BCUT2D eigenvalue weighted by atomic mass is 19.1. The van der Waals surface area contributed by atoms with Gasteiger partial charge < -0.3 is 14.3 Å². The van der Waals surface area contributed by atoms with Crippen LogP contribution in [0, 0.1) is 18.6 Å². The zero-order valence-corrected chi connectivity index (χ0v) is 15.2. The Labute approximate surface area is 159 Å². The Morgan fingerprint density at radius 1 is 1.21 bits per heavy atom. The lowest BCUT2D eigenvalue weighted by atomic mass is 10.0. The summed E-state index contributed by atoms with van der Waals surface area (Å²) in [5.74, 6) is -0.889. The second-order valence-electron chi connectivity index (χ2n) is 6.52. The van der Waals surface area contributed by atoms with Crippen LogP contribution in [0.2, 0.25) is 0 Å². The molecule has 1 amide bonds. The first-order valence-electron chi connectivity index (χ1n) is 8.67. The predicted octanol–water partition coefficient (Wildman–Crippen LogP) is 4.27. The highest BCUT2D eigenvalue weighted by molar-refractivity contribution is 5.99. The number of aryl methyl sites for hydroxylation is 2. The first-order valence-corrected chi connectivity index (χ1v) is 8.67. The van der Waals surface area contributed by atoms with Gasteiger partial charge in [-0.15, -0.1) is 0 Å². The van der Waals surface area contributed by atoms with E-state index in [1.54, 1.807) is 49.1 Å². The summed E-state index contributed by atoms with van der Waals surface area (Å²) in [6.45, 7) is 1.68. The Morgan fingerprint density at radius 3 is 2.71 bits per heavy atom. The van der Waals surface area contributed by atoms with Crippen molar-refractivity contribution in [2.24, 2.45) is 7.05 Å². The van der Waals surface area contributed by atoms with E-state index < -0.39 is 23.6 Å². The summed E-state index contributed by atoms with van der Waals surface area (Å²) in [7, 11) is 1.76. The number of hydrogen-bond donors (Lipinski definition) is 1. The van der Waals surface area contributed by atoms with Gasteiger partial charge in [-0.1, -0.05) is 18.2 Å². The number of aromatic nitrogens is 2. The molecule has 0 aliphatic carbocycles. The first-order chi connectivity index (χ1) is 13.5. The van der Waals surface area contributed by atoms with Gasteiger partial charge in [-0.05, 0) is 31.2 Å². The number of imidazole rings is 1. The number of benzene rings is 2. The lowest BCUT2D eigenvalue weighted by molar-refractivity contribution is 0.0914. The van der Waals surface area contributed by atoms with Gasteiger partial charge in [-0.2, -0.15) is 0 Å². The third-order valence-electron chi connectivity index (χ3n) is 4.71. The van der Waals surface area contributed by atoms with E-state index in [-0.39, 0.29) is 11.3 Å². The molecule has 0 fully saturated rings. The van der Waals surface area contributed by atoms with Crippen LogP contribution in [0.4, 0.5) is 8.78 Å². The summed E-state index contributed by atoms with van der Waals surface area (Å²) in [5, 5.41) is 3.32. The van der Waals surface area contributed by atoms with E-state index in [4.69, 9.17) is 4.42 Å². The van der Waals surface area contributed by atoms with E-state index in [1.807, 2.05) is 0 Å². The molecule has 2 aromatic heterocycles. The van der Waals surface area contributed by atoms with Crippen LogP contribution in [0.25, 0.3) is 11.0 Å². The molecule has 28 heavy (non-hydrogen) atoms. The molecule has 4 rings (SSSR count). The molecule has 2 heterocycles. The van der Waals surface area contributed by atoms with Crippen LogP contribution in [0.1, 0.15) is 33.5 Å². The maximum Gasteiger partial charge on any atom is 0.288 e. The van der Waals surface area contributed by atoms with E-state index >= 15 is 0 Å². The minimum atomic E-state index is -0.821. The van der Waals surface area contributed by atoms with Crippen molar-refractivity contribution in [2.75, 3.05) is 0 Å². The van der Waals surface area contributed by atoms with E-state index in [2.05, 4.69) is 10.3 Å². The highest BCUT2D eigenvalue weighted by Crippen LogP contribution is 2.28. The van der Waals surface area contributed by atoms with Crippen LogP contribution < -0.4 is 5.32 Å². The van der Waals surface area contributed by atoms with E-state index in [0.29, 0.717) is 22.4 Å². The summed E-state index contributed by atoms with van der Waals surface area (Å²) in [6, 6.07) is 9.42. The minimum absolute atomic E-state index is 0.0520. The molecule has 2 aromatic carbocycles. The van der Waals surface area contributed by atoms with Crippen LogP contribution in [0.5, 0.6) is 0 Å². The van der Waals surface area contributed by atoms with Gasteiger partial charge in [0.25, 0.3) is 5.91 Å². The lowest BCUT2D eigenvalue weighted by Gasteiger charge is -2.19. The van der Waals surface area contributed by atoms with Crippen molar-refractivity contribution in [3.63, 3.8) is 0 Å². The Bertz CT molecular complexity index is 1180. The molecule has 0 radical (unpaired) electrons. The number of halogens is 2. The Balaban J connectivity index is 1.75. The maximum atomic E-state index is 14.5. The molecule has 5 nitrogen and oxygen atoms in total. The van der Waals surface area contributed by atoms with Crippen LogP contribution in [0.15, 0.2) is 59.3 Å². The fourth-order valence-corrected chi connectivity index (χ4v) is 3.25. The fourth-order valence-electron chi connectivity index (χ4n) is 3.25. The largest absolute Gasteiger partial charge is 0.451 e. The number of furan rings is 1. The molecule has 0 aliphatic rings. The van der Waals surface area contributed by atoms with Crippen molar-refractivity contribution in [1.29, 1.82) is 0 Å². The number of nitrogens with zero attached hydrogens (tertiary/aromatic N) is 2. The number of amides is 1. The quantitative estimate of drug-likeness (QED) is 0.574. The van der Waals surface area contributed by atoms with Crippen LogP contribution >= 0.6 is 0 Å². The van der Waals surface area contributed by atoms with Gasteiger partial charge in [0, 0.05) is 36.0 Å². The van der Waals surface area contributed by atoms with Crippen molar-refractivity contribution >= 4 is 16.9 Å². The van der Waals surface area contributed by atoms with Gasteiger partial charge in [-0.25, -0.2) is 13.8 Å². The van der Waals surface area contributed by atoms with Crippen LogP contribution in [-0.4, -0.2) is 15.5 Å². The zero-order valence-electron chi connectivity index (χ0n) is 15.2. The van der Waals surface area contributed by atoms with Crippen molar-refractivity contribution in [3.8, 4) is 0 Å².